The fourth-order valence-corrected chi connectivity index (χ4v) is 2.46. The molecule has 0 aliphatic carbocycles. The molecule has 1 unspecified atom stereocenters. The topological polar surface area (TPSA) is 15.3 Å². The highest BCUT2D eigenvalue weighted by molar-refractivity contribution is 5.54. The van der Waals surface area contributed by atoms with Gasteiger partial charge in [0.25, 0.3) is 0 Å². The van der Waals surface area contributed by atoms with Crippen LogP contribution in [0.5, 0.6) is 0 Å². The molecule has 0 bridgehead atoms. The zero-order valence-corrected chi connectivity index (χ0v) is 11.2. The van der Waals surface area contributed by atoms with Crippen LogP contribution in [0.3, 0.4) is 0 Å². The number of terminal acetylenes is 1. The van der Waals surface area contributed by atoms with Gasteiger partial charge in [-0.1, -0.05) is 18.2 Å². The largest absolute Gasteiger partial charge is 0.371 e. The van der Waals surface area contributed by atoms with E-state index in [9.17, 15) is 0 Å². The zero-order valence-electron chi connectivity index (χ0n) is 11.2. The highest BCUT2D eigenvalue weighted by atomic mass is 15.1. The molecule has 1 atom stereocenters. The standard InChI is InChI=1S/C16H22N2/c1-3-8-14(2)17-13-15-9-4-5-10-16(15)18-11-6-7-12-18/h1,4-5,9-10,14,17H,6-8,11-13H2,2H3. The van der Waals surface area contributed by atoms with Gasteiger partial charge in [0.05, 0.1) is 0 Å². The summed E-state index contributed by atoms with van der Waals surface area (Å²) in [5.74, 6) is 2.70. The van der Waals surface area contributed by atoms with Crippen LogP contribution < -0.4 is 10.2 Å². The fourth-order valence-electron chi connectivity index (χ4n) is 2.46. The Morgan fingerprint density at radius 1 is 1.33 bits per heavy atom. The van der Waals surface area contributed by atoms with E-state index in [-0.39, 0.29) is 0 Å². The second-order valence-electron chi connectivity index (χ2n) is 5.01. The van der Waals surface area contributed by atoms with Crippen molar-refractivity contribution in [2.24, 2.45) is 0 Å². The third-order valence-corrected chi connectivity index (χ3v) is 3.50. The second kappa shape index (κ2) is 6.47. The maximum atomic E-state index is 5.33. The van der Waals surface area contributed by atoms with E-state index in [4.69, 9.17) is 6.42 Å². The van der Waals surface area contributed by atoms with Crippen molar-refractivity contribution in [2.45, 2.75) is 38.8 Å². The van der Waals surface area contributed by atoms with E-state index < -0.39 is 0 Å². The molecular formula is C16H22N2. The van der Waals surface area contributed by atoms with Crippen LogP contribution in [0.15, 0.2) is 24.3 Å². The van der Waals surface area contributed by atoms with Gasteiger partial charge in [0, 0.05) is 37.8 Å². The van der Waals surface area contributed by atoms with Gasteiger partial charge in [0.2, 0.25) is 0 Å². The van der Waals surface area contributed by atoms with E-state index in [1.54, 1.807) is 0 Å². The maximum Gasteiger partial charge on any atom is 0.0411 e. The molecule has 0 saturated carbocycles. The van der Waals surface area contributed by atoms with Gasteiger partial charge in [-0.05, 0) is 31.4 Å². The van der Waals surface area contributed by atoms with Crippen LogP contribution in [0.2, 0.25) is 0 Å². The Hall–Kier alpha value is -1.46. The van der Waals surface area contributed by atoms with Crippen LogP contribution in [0.4, 0.5) is 5.69 Å². The minimum Gasteiger partial charge on any atom is -0.371 e. The molecule has 0 spiro atoms. The molecule has 96 valence electrons. The second-order valence-corrected chi connectivity index (χ2v) is 5.01. The zero-order chi connectivity index (χ0) is 12.8. The van der Waals surface area contributed by atoms with Crippen molar-refractivity contribution >= 4 is 5.69 Å². The molecule has 1 saturated heterocycles. The van der Waals surface area contributed by atoms with Crippen LogP contribution in [-0.4, -0.2) is 19.1 Å². The Labute approximate surface area is 110 Å². The molecule has 1 aromatic rings. The summed E-state index contributed by atoms with van der Waals surface area (Å²) in [7, 11) is 0. The first-order valence-corrected chi connectivity index (χ1v) is 6.81. The Bertz CT molecular complexity index is 413. The summed E-state index contributed by atoms with van der Waals surface area (Å²) in [6.07, 6.45) is 8.74. The van der Waals surface area contributed by atoms with Crippen molar-refractivity contribution in [1.82, 2.24) is 5.32 Å². The number of anilines is 1. The monoisotopic (exact) mass is 242 g/mol. The van der Waals surface area contributed by atoms with Crippen LogP contribution >= 0.6 is 0 Å². The molecule has 1 aliphatic heterocycles. The Morgan fingerprint density at radius 3 is 2.78 bits per heavy atom. The van der Waals surface area contributed by atoms with E-state index in [0.717, 1.165) is 13.0 Å². The minimum absolute atomic E-state index is 0.377. The third-order valence-electron chi connectivity index (χ3n) is 3.50. The van der Waals surface area contributed by atoms with Crippen molar-refractivity contribution in [1.29, 1.82) is 0 Å². The van der Waals surface area contributed by atoms with Crippen molar-refractivity contribution < 1.29 is 0 Å². The number of hydrogen-bond acceptors (Lipinski definition) is 2. The first-order chi connectivity index (χ1) is 8.81. The molecule has 2 rings (SSSR count). The van der Waals surface area contributed by atoms with Crippen LogP contribution in [0, 0.1) is 12.3 Å². The van der Waals surface area contributed by atoms with Crippen molar-refractivity contribution in [3.63, 3.8) is 0 Å². The van der Waals surface area contributed by atoms with Gasteiger partial charge in [-0.2, -0.15) is 0 Å². The average Bonchev–Trinajstić information content (AvgIpc) is 2.91. The van der Waals surface area contributed by atoms with Gasteiger partial charge in [-0.25, -0.2) is 0 Å². The molecule has 1 heterocycles. The highest BCUT2D eigenvalue weighted by Crippen LogP contribution is 2.24. The van der Waals surface area contributed by atoms with Gasteiger partial charge < -0.3 is 10.2 Å². The first-order valence-electron chi connectivity index (χ1n) is 6.81. The molecule has 1 fully saturated rings. The summed E-state index contributed by atoms with van der Waals surface area (Å²) in [6.45, 7) is 5.42. The van der Waals surface area contributed by atoms with Crippen molar-refractivity contribution in [2.75, 3.05) is 18.0 Å². The minimum atomic E-state index is 0.377. The third kappa shape index (κ3) is 3.27. The Balaban J connectivity index is 2.01. The lowest BCUT2D eigenvalue weighted by atomic mass is 10.1. The predicted octanol–water partition coefficient (Wildman–Crippen LogP) is 2.79. The molecule has 2 nitrogen and oxygen atoms in total. The quantitative estimate of drug-likeness (QED) is 0.799. The number of hydrogen-bond donors (Lipinski definition) is 1. The van der Waals surface area contributed by atoms with E-state index in [0.29, 0.717) is 6.04 Å². The lowest BCUT2D eigenvalue weighted by Gasteiger charge is -2.22. The molecule has 1 N–H and O–H groups in total. The van der Waals surface area contributed by atoms with E-state index in [2.05, 4.69) is 47.3 Å². The van der Waals surface area contributed by atoms with Crippen molar-refractivity contribution in [3.05, 3.63) is 29.8 Å². The van der Waals surface area contributed by atoms with E-state index in [1.165, 1.54) is 37.2 Å². The number of nitrogens with one attached hydrogen (secondary N) is 1. The number of para-hydroxylation sites is 1. The van der Waals surface area contributed by atoms with Crippen molar-refractivity contribution in [3.8, 4) is 12.3 Å². The maximum absolute atomic E-state index is 5.33. The highest BCUT2D eigenvalue weighted by Gasteiger charge is 2.15. The Morgan fingerprint density at radius 2 is 2.06 bits per heavy atom. The van der Waals surface area contributed by atoms with Gasteiger partial charge in [0.1, 0.15) is 0 Å². The fraction of sp³-hybridized carbons (Fsp3) is 0.500. The van der Waals surface area contributed by atoms with Crippen LogP contribution in [0.25, 0.3) is 0 Å². The summed E-state index contributed by atoms with van der Waals surface area (Å²) in [5, 5.41) is 3.49. The van der Waals surface area contributed by atoms with Crippen LogP contribution in [0.1, 0.15) is 31.7 Å². The molecule has 1 aliphatic rings. The molecule has 2 heteroatoms. The predicted molar refractivity (Wildman–Crippen MR) is 77.6 cm³/mol. The smallest absolute Gasteiger partial charge is 0.0411 e. The van der Waals surface area contributed by atoms with Gasteiger partial charge in [-0.3, -0.25) is 0 Å². The summed E-state index contributed by atoms with van der Waals surface area (Å²) >= 11 is 0. The molecule has 18 heavy (non-hydrogen) atoms. The number of rotatable bonds is 5. The SMILES string of the molecule is C#CCC(C)NCc1ccccc1N1CCCC1. The Kier molecular flexibility index (Phi) is 4.66. The summed E-state index contributed by atoms with van der Waals surface area (Å²) < 4.78 is 0. The molecule has 0 radical (unpaired) electrons. The normalized spacial score (nSPS) is 16.6. The summed E-state index contributed by atoms with van der Waals surface area (Å²) in [6, 6.07) is 9.06. The lowest BCUT2D eigenvalue weighted by molar-refractivity contribution is 0.559. The summed E-state index contributed by atoms with van der Waals surface area (Å²) in [5.41, 5.74) is 2.76. The average molecular weight is 242 g/mol. The van der Waals surface area contributed by atoms with E-state index in [1.807, 2.05) is 0 Å². The number of nitrogens with zero attached hydrogens (tertiary/aromatic N) is 1. The molecule has 1 aromatic carbocycles. The molecule has 0 amide bonds. The van der Waals surface area contributed by atoms with Gasteiger partial charge >= 0.3 is 0 Å². The lowest BCUT2D eigenvalue weighted by Crippen LogP contribution is -2.27. The number of benzene rings is 1. The molecular weight excluding hydrogens is 220 g/mol. The molecule has 0 aromatic heterocycles. The van der Waals surface area contributed by atoms with Gasteiger partial charge in [-0.15, -0.1) is 12.3 Å². The van der Waals surface area contributed by atoms with Crippen LogP contribution in [-0.2, 0) is 6.54 Å². The van der Waals surface area contributed by atoms with Gasteiger partial charge in [0.15, 0.2) is 0 Å². The van der Waals surface area contributed by atoms with E-state index >= 15 is 0 Å². The summed E-state index contributed by atoms with van der Waals surface area (Å²) in [4.78, 5) is 2.49. The first kappa shape index (κ1) is 13.0.